The van der Waals surface area contributed by atoms with E-state index >= 15 is 0 Å². The topological polar surface area (TPSA) is 105 Å². The fourth-order valence-corrected chi connectivity index (χ4v) is 7.55. The first-order valence-electron chi connectivity index (χ1n) is 13.1. The summed E-state index contributed by atoms with van der Waals surface area (Å²) in [6.45, 7) is 5.68. The average Bonchev–Trinajstić information content (AvgIpc) is 3.22. The van der Waals surface area contributed by atoms with Crippen molar-refractivity contribution in [3.05, 3.63) is 29.5 Å². The Balaban J connectivity index is 1.59. The van der Waals surface area contributed by atoms with Crippen LogP contribution in [0.15, 0.2) is 18.2 Å². The highest BCUT2D eigenvalue weighted by atomic mass is 32.2. The normalized spacial score (nSPS) is 22.9. The Hall–Kier alpha value is -2.18. The minimum Gasteiger partial charge on any atom is -0.497 e. The van der Waals surface area contributed by atoms with Crippen molar-refractivity contribution in [1.29, 1.82) is 0 Å². The van der Waals surface area contributed by atoms with Gasteiger partial charge in [0.15, 0.2) is 0 Å². The van der Waals surface area contributed by atoms with Crippen LogP contribution in [0.5, 0.6) is 5.75 Å². The van der Waals surface area contributed by atoms with Crippen LogP contribution >= 0.6 is 0 Å². The lowest BCUT2D eigenvalue weighted by Gasteiger charge is -2.50. The van der Waals surface area contributed by atoms with Gasteiger partial charge in [0, 0.05) is 62.3 Å². The van der Waals surface area contributed by atoms with Gasteiger partial charge >= 0.3 is 0 Å². The number of nitrogens with zero attached hydrogens (tertiary/aromatic N) is 4. The first-order chi connectivity index (χ1) is 17.7. The lowest BCUT2D eigenvalue weighted by molar-refractivity contribution is -0.139. The molecule has 1 aromatic heterocycles. The highest BCUT2D eigenvalue weighted by Gasteiger charge is 2.50. The van der Waals surface area contributed by atoms with E-state index in [4.69, 9.17) is 9.47 Å². The van der Waals surface area contributed by atoms with Gasteiger partial charge in [-0.25, -0.2) is 12.7 Å². The number of piperidine rings is 1. The lowest BCUT2D eigenvalue weighted by atomic mass is 9.68. The Labute approximate surface area is 218 Å². The van der Waals surface area contributed by atoms with Crippen molar-refractivity contribution in [1.82, 2.24) is 18.7 Å². The third-order valence-corrected chi connectivity index (χ3v) is 10.4. The summed E-state index contributed by atoms with van der Waals surface area (Å²) in [7, 11) is 0.320. The summed E-state index contributed by atoms with van der Waals surface area (Å²) < 4.78 is 39.9. The van der Waals surface area contributed by atoms with E-state index in [9.17, 15) is 18.3 Å². The summed E-state index contributed by atoms with van der Waals surface area (Å²) in [4.78, 5) is 17.7. The molecule has 204 valence electrons. The van der Waals surface area contributed by atoms with E-state index in [1.807, 2.05) is 24.1 Å². The van der Waals surface area contributed by atoms with Crippen molar-refractivity contribution in [3.8, 4) is 5.75 Å². The molecule has 4 heterocycles. The standard InChI is InChI=1S/C26H38N4O6S/c1-4-37(33,34)29-9-7-26(8-10-29)18-30(23(32)16-28-11-13-36-14-12-28)22(17-31)25-24(26)20-6-5-19(35-3)15-21(20)27(25)2/h5-6,15,22,31H,4,7-14,16-18H2,1-3H3/t22-/m1/s1. The third-order valence-electron chi connectivity index (χ3n) is 8.54. The maximum atomic E-state index is 13.8. The molecule has 0 bridgehead atoms. The number of carbonyl (C=O) groups excluding carboxylic acids is 1. The predicted molar refractivity (Wildman–Crippen MR) is 140 cm³/mol. The summed E-state index contributed by atoms with van der Waals surface area (Å²) in [5, 5.41) is 11.7. The number of morpholine rings is 1. The number of carbonyl (C=O) groups is 1. The van der Waals surface area contributed by atoms with E-state index in [2.05, 4.69) is 15.5 Å². The van der Waals surface area contributed by atoms with Gasteiger partial charge in [-0.3, -0.25) is 9.69 Å². The van der Waals surface area contributed by atoms with Crippen LogP contribution in [-0.4, -0.2) is 110 Å². The number of benzene rings is 1. The van der Waals surface area contributed by atoms with Crippen LogP contribution in [0.4, 0.5) is 0 Å². The number of methoxy groups -OCH3 is 1. The Morgan fingerprint density at radius 3 is 2.51 bits per heavy atom. The molecule has 0 saturated carbocycles. The van der Waals surface area contributed by atoms with Gasteiger partial charge in [0.1, 0.15) is 5.75 Å². The van der Waals surface area contributed by atoms with Gasteiger partial charge in [0.25, 0.3) is 0 Å². The smallest absolute Gasteiger partial charge is 0.237 e. The van der Waals surface area contributed by atoms with Gasteiger partial charge in [-0.1, -0.05) is 0 Å². The molecule has 1 spiro atoms. The molecule has 2 aromatic rings. The van der Waals surface area contributed by atoms with E-state index in [0.29, 0.717) is 58.8 Å². The zero-order chi connectivity index (χ0) is 26.4. The zero-order valence-electron chi connectivity index (χ0n) is 22.0. The second-order valence-corrected chi connectivity index (χ2v) is 12.6. The molecule has 11 heteroatoms. The van der Waals surface area contributed by atoms with Gasteiger partial charge < -0.3 is 24.0 Å². The number of rotatable bonds is 6. The number of aliphatic hydroxyl groups excluding tert-OH is 1. The number of ether oxygens (including phenoxy) is 2. The van der Waals surface area contributed by atoms with E-state index < -0.39 is 21.5 Å². The van der Waals surface area contributed by atoms with Crippen molar-refractivity contribution in [2.24, 2.45) is 7.05 Å². The number of hydrogen-bond acceptors (Lipinski definition) is 7. The lowest BCUT2D eigenvalue weighted by Crippen LogP contribution is -2.57. The number of amides is 1. The zero-order valence-corrected chi connectivity index (χ0v) is 22.8. The predicted octanol–water partition coefficient (Wildman–Crippen LogP) is 1.08. The van der Waals surface area contributed by atoms with Gasteiger partial charge in [-0.2, -0.15) is 0 Å². The molecule has 0 radical (unpaired) electrons. The Kier molecular flexibility index (Phi) is 7.27. The highest BCUT2D eigenvalue weighted by molar-refractivity contribution is 7.89. The quantitative estimate of drug-likeness (QED) is 0.591. The Morgan fingerprint density at radius 1 is 1.19 bits per heavy atom. The SMILES string of the molecule is CCS(=O)(=O)N1CCC2(CC1)CN(C(=O)CN1CCOCC1)[C@H](CO)c1c2c2ccc(OC)cc2n1C. The molecule has 0 unspecified atom stereocenters. The molecule has 1 amide bonds. The summed E-state index contributed by atoms with van der Waals surface area (Å²) >= 11 is 0. The average molecular weight is 535 g/mol. The number of hydrogen-bond donors (Lipinski definition) is 1. The minimum absolute atomic E-state index is 0.0163. The number of aryl methyl sites for hydroxylation is 1. The molecule has 3 aliphatic rings. The fraction of sp³-hybridized carbons (Fsp3) is 0.654. The van der Waals surface area contributed by atoms with E-state index in [0.717, 1.165) is 27.9 Å². The maximum Gasteiger partial charge on any atom is 0.237 e. The number of fused-ring (bicyclic) bond motifs is 4. The van der Waals surface area contributed by atoms with Gasteiger partial charge in [0.2, 0.25) is 15.9 Å². The Bertz CT molecular complexity index is 1260. The minimum atomic E-state index is -3.29. The summed E-state index contributed by atoms with van der Waals surface area (Å²) in [6, 6.07) is 5.52. The first kappa shape index (κ1) is 26.4. The summed E-state index contributed by atoms with van der Waals surface area (Å²) in [5.41, 5.74) is 2.64. The first-order valence-corrected chi connectivity index (χ1v) is 14.7. The van der Waals surface area contributed by atoms with Crippen molar-refractivity contribution < 1.29 is 27.8 Å². The summed E-state index contributed by atoms with van der Waals surface area (Å²) in [5.74, 6) is 0.803. The second-order valence-electron chi connectivity index (χ2n) is 10.4. The fourth-order valence-electron chi connectivity index (χ4n) is 6.44. The molecule has 2 saturated heterocycles. The van der Waals surface area contributed by atoms with Crippen molar-refractivity contribution in [2.75, 3.05) is 72.0 Å². The van der Waals surface area contributed by atoms with E-state index in [1.165, 1.54) is 0 Å². The number of aromatic nitrogens is 1. The van der Waals surface area contributed by atoms with Crippen LogP contribution in [0.25, 0.3) is 10.9 Å². The van der Waals surface area contributed by atoms with Crippen LogP contribution in [0, 0.1) is 0 Å². The number of sulfonamides is 1. The molecule has 1 N–H and O–H groups in total. The van der Waals surface area contributed by atoms with Crippen LogP contribution in [0.2, 0.25) is 0 Å². The summed E-state index contributed by atoms with van der Waals surface area (Å²) in [6.07, 6.45) is 1.23. The molecule has 3 aliphatic heterocycles. The molecule has 5 rings (SSSR count). The monoisotopic (exact) mass is 534 g/mol. The molecule has 37 heavy (non-hydrogen) atoms. The highest BCUT2D eigenvalue weighted by Crippen LogP contribution is 2.50. The molecular formula is C26H38N4O6S. The van der Waals surface area contributed by atoms with Crippen molar-refractivity contribution in [3.63, 3.8) is 0 Å². The Morgan fingerprint density at radius 2 is 1.89 bits per heavy atom. The van der Waals surface area contributed by atoms with Crippen molar-refractivity contribution >= 4 is 26.8 Å². The van der Waals surface area contributed by atoms with Crippen LogP contribution < -0.4 is 4.74 Å². The van der Waals surface area contributed by atoms with Gasteiger partial charge in [0.05, 0.1) is 50.8 Å². The molecule has 2 fully saturated rings. The van der Waals surface area contributed by atoms with Gasteiger partial charge in [-0.15, -0.1) is 0 Å². The molecule has 0 aliphatic carbocycles. The van der Waals surface area contributed by atoms with E-state index in [-0.39, 0.29) is 24.8 Å². The number of aliphatic hydroxyl groups is 1. The van der Waals surface area contributed by atoms with Crippen LogP contribution in [0.3, 0.4) is 0 Å². The maximum absolute atomic E-state index is 13.8. The van der Waals surface area contributed by atoms with Crippen LogP contribution in [0.1, 0.15) is 37.1 Å². The second kappa shape index (κ2) is 10.2. The van der Waals surface area contributed by atoms with Crippen molar-refractivity contribution in [2.45, 2.75) is 31.2 Å². The molecule has 10 nitrogen and oxygen atoms in total. The van der Waals surface area contributed by atoms with Gasteiger partial charge in [-0.05, 0) is 37.5 Å². The largest absolute Gasteiger partial charge is 0.497 e. The van der Waals surface area contributed by atoms with E-state index in [1.54, 1.807) is 18.3 Å². The third kappa shape index (κ3) is 4.54. The van der Waals surface area contributed by atoms with Crippen LogP contribution in [-0.2, 0) is 32.0 Å². The molecular weight excluding hydrogens is 496 g/mol. The molecule has 1 atom stereocenters. The molecule has 1 aromatic carbocycles.